The van der Waals surface area contributed by atoms with E-state index in [-0.39, 0.29) is 12.6 Å². The molecular weight excluding hydrogens is 376 g/mol. The number of aliphatic carboxylic acids is 1. The van der Waals surface area contributed by atoms with Crippen molar-refractivity contribution in [3.8, 4) is 11.5 Å². The molecule has 2 heterocycles. The van der Waals surface area contributed by atoms with E-state index in [1.54, 1.807) is 7.11 Å². The van der Waals surface area contributed by atoms with E-state index in [1.165, 1.54) is 0 Å². The number of nitrogens with two attached hydrogens (primary N) is 1. The van der Waals surface area contributed by atoms with E-state index in [0.29, 0.717) is 30.1 Å². The van der Waals surface area contributed by atoms with Crippen LogP contribution in [0.25, 0.3) is 0 Å². The Bertz CT molecular complexity index is 917. The van der Waals surface area contributed by atoms with E-state index >= 15 is 0 Å². The molecule has 1 spiro atoms. The van der Waals surface area contributed by atoms with Crippen molar-refractivity contribution in [3.05, 3.63) is 35.1 Å². The van der Waals surface area contributed by atoms with Crippen molar-refractivity contribution in [1.82, 2.24) is 4.90 Å². The van der Waals surface area contributed by atoms with Gasteiger partial charge in [-0.05, 0) is 44.1 Å². The second-order valence-corrected chi connectivity index (χ2v) is 8.54. The molecule has 0 amide bonds. The van der Waals surface area contributed by atoms with Gasteiger partial charge < -0.3 is 35.1 Å². The molecule has 0 radical (unpaired) electrons. The summed E-state index contributed by atoms with van der Waals surface area (Å²) in [4.78, 5) is 13.3. The average molecular weight is 402 g/mol. The lowest BCUT2D eigenvalue weighted by molar-refractivity contribution is -0.165. The van der Waals surface area contributed by atoms with Crippen LogP contribution >= 0.6 is 0 Å². The SMILES string of the molecule is COc1ccc2c3c1OC1C(OCC(N)C(=O)O)=CCC4(O)C(C2)N(C)CCC314. The lowest BCUT2D eigenvalue weighted by Crippen LogP contribution is -2.74. The van der Waals surface area contributed by atoms with Gasteiger partial charge in [0.25, 0.3) is 0 Å². The van der Waals surface area contributed by atoms with Crippen LogP contribution in [0.3, 0.4) is 0 Å². The molecule has 2 aliphatic heterocycles. The van der Waals surface area contributed by atoms with Gasteiger partial charge in [-0.15, -0.1) is 0 Å². The minimum absolute atomic E-state index is 0.0340. The van der Waals surface area contributed by atoms with Crippen molar-refractivity contribution in [2.24, 2.45) is 5.73 Å². The highest BCUT2D eigenvalue weighted by Gasteiger charge is 2.71. The number of ether oxygens (including phenoxy) is 3. The molecule has 8 heteroatoms. The minimum Gasteiger partial charge on any atom is -0.493 e. The summed E-state index contributed by atoms with van der Waals surface area (Å²) in [5.74, 6) is 0.720. The molecule has 5 unspecified atom stereocenters. The number of hydrogen-bond acceptors (Lipinski definition) is 7. The van der Waals surface area contributed by atoms with Gasteiger partial charge in [-0.25, -0.2) is 0 Å². The number of methoxy groups -OCH3 is 1. The molecular formula is C21H26N2O6. The van der Waals surface area contributed by atoms with Crippen LogP contribution in [0.1, 0.15) is 24.0 Å². The maximum absolute atomic E-state index is 12.0. The maximum atomic E-state index is 12.0. The third-order valence-electron chi connectivity index (χ3n) is 7.30. The normalized spacial score (nSPS) is 35.2. The Labute approximate surface area is 168 Å². The Morgan fingerprint density at radius 3 is 3.00 bits per heavy atom. The van der Waals surface area contributed by atoms with Gasteiger partial charge in [0, 0.05) is 18.0 Å². The van der Waals surface area contributed by atoms with Crippen molar-refractivity contribution in [2.45, 2.75) is 48.5 Å². The highest BCUT2D eigenvalue weighted by atomic mass is 16.6. The smallest absolute Gasteiger partial charge is 0.324 e. The Morgan fingerprint density at radius 1 is 1.48 bits per heavy atom. The van der Waals surface area contributed by atoms with Crippen LogP contribution < -0.4 is 15.2 Å². The van der Waals surface area contributed by atoms with E-state index in [0.717, 1.165) is 24.1 Å². The molecule has 2 aliphatic carbocycles. The van der Waals surface area contributed by atoms with Gasteiger partial charge in [-0.3, -0.25) is 4.79 Å². The molecule has 1 aromatic carbocycles. The first-order chi connectivity index (χ1) is 13.8. The molecule has 5 rings (SSSR count). The molecule has 5 atom stereocenters. The Hall–Kier alpha value is -2.29. The quantitative estimate of drug-likeness (QED) is 0.649. The monoisotopic (exact) mass is 402 g/mol. The highest BCUT2D eigenvalue weighted by Crippen LogP contribution is 2.65. The number of nitrogens with zero attached hydrogens (tertiary/aromatic N) is 1. The van der Waals surface area contributed by atoms with Gasteiger partial charge >= 0.3 is 5.97 Å². The number of carboxylic acid groups (broad SMARTS) is 1. The fourth-order valence-electron chi connectivity index (χ4n) is 5.88. The summed E-state index contributed by atoms with van der Waals surface area (Å²) in [7, 11) is 3.66. The van der Waals surface area contributed by atoms with Crippen LogP contribution in [-0.4, -0.2) is 72.2 Å². The number of rotatable bonds is 5. The number of hydrogen-bond donors (Lipinski definition) is 3. The lowest BCUT2D eigenvalue weighted by Gasteiger charge is -2.61. The molecule has 2 bridgehead atoms. The van der Waals surface area contributed by atoms with Crippen molar-refractivity contribution >= 4 is 5.97 Å². The minimum atomic E-state index is -1.13. The van der Waals surface area contributed by atoms with Crippen LogP contribution in [0.15, 0.2) is 24.0 Å². The molecule has 29 heavy (non-hydrogen) atoms. The number of piperidine rings is 1. The highest BCUT2D eigenvalue weighted by molar-refractivity contribution is 5.73. The largest absolute Gasteiger partial charge is 0.493 e. The molecule has 4 aliphatic rings. The van der Waals surface area contributed by atoms with E-state index < -0.39 is 29.1 Å². The molecule has 0 aromatic heterocycles. The number of likely N-dealkylation sites (tertiary alicyclic amines) is 1. The average Bonchev–Trinajstić information content (AvgIpc) is 3.05. The van der Waals surface area contributed by atoms with Crippen LogP contribution in [0.4, 0.5) is 0 Å². The van der Waals surface area contributed by atoms with Gasteiger partial charge in [0.15, 0.2) is 17.6 Å². The van der Waals surface area contributed by atoms with E-state index in [9.17, 15) is 9.90 Å². The molecule has 156 valence electrons. The Morgan fingerprint density at radius 2 is 2.28 bits per heavy atom. The van der Waals surface area contributed by atoms with Crippen LogP contribution in [-0.2, 0) is 21.4 Å². The molecule has 1 saturated heterocycles. The molecule has 0 saturated carbocycles. The first-order valence-electron chi connectivity index (χ1n) is 9.94. The second-order valence-electron chi connectivity index (χ2n) is 8.54. The summed E-state index contributed by atoms with van der Waals surface area (Å²) in [6.07, 6.45) is 3.16. The summed E-state index contributed by atoms with van der Waals surface area (Å²) in [5.41, 5.74) is 6.16. The number of aliphatic hydroxyl groups is 1. The maximum Gasteiger partial charge on any atom is 0.324 e. The third-order valence-corrected chi connectivity index (χ3v) is 7.30. The predicted molar refractivity (Wildman–Crippen MR) is 103 cm³/mol. The molecule has 4 N–H and O–H groups in total. The van der Waals surface area contributed by atoms with E-state index in [1.807, 2.05) is 12.1 Å². The Balaban J connectivity index is 1.64. The zero-order valence-corrected chi connectivity index (χ0v) is 16.6. The van der Waals surface area contributed by atoms with Crippen LogP contribution in [0.2, 0.25) is 0 Å². The molecule has 8 nitrogen and oxygen atoms in total. The number of likely N-dealkylation sites (N-methyl/N-ethyl adjacent to an activating group) is 1. The zero-order chi connectivity index (χ0) is 20.6. The lowest BCUT2D eigenvalue weighted by atomic mass is 9.50. The summed E-state index contributed by atoms with van der Waals surface area (Å²) < 4.78 is 17.8. The first kappa shape index (κ1) is 18.7. The standard InChI is InChI=1S/C21H26N2O6/c1-23-8-7-20-16-11-3-4-13(27-2)17(16)29-18(20)14(28-10-12(22)19(24)25)5-6-21(20,26)15(23)9-11/h3-5,12,15,18,26H,6-10,22H2,1-2H3,(H,24,25). The number of carboxylic acids is 1. The third kappa shape index (κ3) is 2.22. The molecule has 1 fully saturated rings. The van der Waals surface area contributed by atoms with Crippen molar-refractivity contribution in [2.75, 3.05) is 27.3 Å². The van der Waals surface area contributed by atoms with Crippen LogP contribution in [0, 0.1) is 0 Å². The number of benzene rings is 1. The van der Waals surface area contributed by atoms with E-state index in [4.69, 9.17) is 25.1 Å². The Kier molecular flexibility index (Phi) is 3.94. The summed E-state index contributed by atoms with van der Waals surface area (Å²) in [6, 6.07) is 2.82. The summed E-state index contributed by atoms with van der Waals surface area (Å²) in [6.45, 7) is 0.671. The zero-order valence-electron chi connectivity index (χ0n) is 16.6. The van der Waals surface area contributed by atoms with Crippen LogP contribution in [0.5, 0.6) is 11.5 Å². The predicted octanol–water partition coefficient (Wildman–Crippen LogP) is 0.401. The fraction of sp³-hybridized carbons (Fsp3) is 0.571. The van der Waals surface area contributed by atoms with Crippen molar-refractivity contribution < 1.29 is 29.2 Å². The number of carbonyl (C=O) groups is 1. The molecule has 1 aromatic rings. The van der Waals surface area contributed by atoms with Crippen molar-refractivity contribution in [3.63, 3.8) is 0 Å². The summed E-state index contributed by atoms with van der Waals surface area (Å²) in [5, 5.41) is 21.1. The second kappa shape index (κ2) is 6.10. The fourth-order valence-corrected chi connectivity index (χ4v) is 5.88. The summed E-state index contributed by atoms with van der Waals surface area (Å²) >= 11 is 0. The van der Waals surface area contributed by atoms with Gasteiger partial charge in [0.05, 0.1) is 18.1 Å². The van der Waals surface area contributed by atoms with Gasteiger partial charge in [0.1, 0.15) is 18.4 Å². The van der Waals surface area contributed by atoms with E-state index in [2.05, 4.69) is 18.0 Å². The van der Waals surface area contributed by atoms with Gasteiger partial charge in [-0.2, -0.15) is 0 Å². The van der Waals surface area contributed by atoms with Gasteiger partial charge in [-0.1, -0.05) is 6.07 Å². The first-order valence-corrected chi connectivity index (χ1v) is 9.94. The van der Waals surface area contributed by atoms with Gasteiger partial charge in [0.2, 0.25) is 0 Å². The van der Waals surface area contributed by atoms with Crippen molar-refractivity contribution in [1.29, 1.82) is 0 Å². The topological polar surface area (TPSA) is 114 Å².